The largest absolute Gasteiger partial charge is 0.304 e. The molecule has 1 saturated heterocycles. The monoisotopic (exact) mass is 268 g/mol. The molecule has 2 nitrogen and oxygen atoms in total. The van der Waals surface area contributed by atoms with Gasteiger partial charge in [-0.3, -0.25) is 4.90 Å². The first-order chi connectivity index (χ1) is 9.76. The average Bonchev–Trinajstić information content (AvgIpc) is 2.49. The van der Waals surface area contributed by atoms with Gasteiger partial charge in [0, 0.05) is 26.2 Å². The van der Waals surface area contributed by atoms with Crippen molar-refractivity contribution >= 4 is 0 Å². The minimum absolute atomic E-state index is 0.278. The molecule has 1 unspecified atom stereocenters. The highest BCUT2D eigenvalue weighted by molar-refractivity contribution is 5.35. The molecule has 20 heavy (non-hydrogen) atoms. The summed E-state index contributed by atoms with van der Waals surface area (Å²) in [6, 6.07) is 10.9. The minimum Gasteiger partial charge on any atom is -0.304 e. The molecular weight excluding hydrogens is 244 g/mol. The molecule has 2 rings (SSSR count). The number of benzene rings is 1. The van der Waals surface area contributed by atoms with Crippen LogP contribution in [0.2, 0.25) is 0 Å². The van der Waals surface area contributed by atoms with Gasteiger partial charge in [0.15, 0.2) is 0 Å². The Labute approximate surface area is 122 Å². The third-order valence-electron chi connectivity index (χ3n) is 3.88. The van der Waals surface area contributed by atoms with Crippen LogP contribution in [0, 0.1) is 0 Å². The van der Waals surface area contributed by atoms with Gasteiger partial charge in [-0.1, -0.05) is 61.7 Å². The molecule has 1 atom stereocenters. The van der Waals surface area contributed by atoms with Crippen LogP contribution in [0.4, 0.5) is 0 Å². The first kappa shape index (κ1) is 14.8. The molecule has 1 aromatic rings. The molecule has 1 heterocycles. The third-order valence-corrected chi connectivity index (χ3v) is 3.88. The molecule has 0 saturated carbocycles. The van der Waals surface area contributed by atoms with Crippen LogP contribution in [0.5, 0.6) is 0 Å². The van der Waals surface area contributed by atoms with Crippen LogP contribution < -0.4 is 0 Å². The van der Waals surface area contributed by atoms with Crippen molar-refractivity contribution < 1.29 is 0 Å². The predicted molar refractivity (Wildman–Crippen MR) is 86.7 cm³/mol. The lowest BCUT2D eigenvalue weighted by atomic mass is 9.96. The van der Waals surface area contributed by atoms with Crippen molar-refractivity contribution in [2.24, 2.45) is 0 Å². The van der Waals surface area contributed by atoms with Gasteiger partial charge >= 0.3 is 0 Å². The van der Waals surface area contributed by atoms with Crippen molar-refractivity contribution in [1.29, 1.82) is 0 Å². The molecule has 0 amide bonds. The highest BCUT2D eigenvalue weighted by atomic mass is 15.3. The van der Waals surface area contributed by atoms with E-state index in [1.165, 1.54) is 11.1 Å². The van der Waals surface area contributed by atoms with Gasteiger partial charge in [-0.15, -0.1) is 0 Å². The summed E-state index contributed by atoms with van der Waals surface area (Å²) in [7, 11) is 2.18. The second-order valence-electron chi connectivity index (χ2n) is 5.26. The normalized spacial score (nSPS) is 19.6. The van der Waals surface area contributed by atoms with Crippen LogP contribution in [0.25, 0.3) is 0 Å². The molecule has 1 aliphatic heterocycles. The fraction of sp³-hybridized carbons (Fsp3) is 0.333. The third kappa shape index (κ3) is 3.47. The standard InChI is InChI=1S/C18H24N2/c1-4-9-16(5-2)18(17-10-7-6-8-11-17)20-14-12-19(3)13-15-20/h4-11,18H,1-2,12-15H2,3H3/b16-9+. The summed E-state index contributed by atoms with van der Waals surface area (Å²) in [6.07, 6.45) is 5.88. The minimum atomic E-state index is 0.278. The van der Waals surface area contributed by atoms with Gasteiger partial charge in [-0.05, 0) is 18.2 Å². The maximum absolute atomic E-state index is 3.98. The van der Waals surface area contributed by atoms with E-state index in [4.69, 9.17) is 0 Å². The number of hydrogen-bond acceptors (Lipinski definition) is 2. The Hall–Kier alpha value is -1.64. The number of hydrogen-bond donors (Lipinski definition) is 0. The summed E-state index contributed by atoms with van der Waals surface area (Å²) in [5.74, 6) is 0. The molecule has 0 N–H and O–H groups in total. The molecule has 0 radical (unpaired) electrons. The zero-order valence-corrected chi connectivity index (χ0v) is 12.3. The highest BCUT2D eigenvalue weighted by Gasteiger charge is 2.25. The van der Waals surface area contributed by atoms with E-state index in [-0.39, 0.29) is 6.04 Å². The number of piperazine rings is 1. The van der Waals surface area contributed by atoms with Crippen molar-refractivity contribution in [1.82, 2.24) is 9.80 Å². The number of rotatable bonds is 5. The Morgan fingerprint density at radius 2 is 1.75 bits per heavy atom. The molecule has 2 heteroatoms. The van der Waals surface area contributed by atoms with Crippen LogP contribution >= 0.6 is 0 Å². The Morgan fingerprint density at radius 1 is 1.10 bits per heavy atom. The van der Waals surface area contributed by atoms with Crippen molar-refractivity contribution in [2.45, 2.75) is 6.04 Å². The van der Waals surface area contributed by atoms with Crippen molar-refractivity contribution in [3.8, 4) is 0 Å². The van der Waals surface area contributed by atoms with Crippen molar-refractivity contribution in [2.75, 3.05) is 33.2 Å². The van der Waals surface area contributed by atoms with Crippen molar-refractivity contribution in [3.05, 3.63) is 72.9 Å². The van der Waals surface area contributed by atoms with E-state index in [1.807, 2.05) is 12.2 Å². The van der Waals surface area contributed by atoms with Gasteiger partial charge < -0.3 is 4.90 Å². The molecule has 0 aliphatic carbocycles. The van der Waals surface area contributed by atoms with E-state index in [0.717, 1.165) is 26.2 Å². The van der Waals surface area contributed by atoms with Crippen molar-refractivity contribution in [3.63, 3.8) is 0 Å². The Bertz CT molecular complexity index is 467. The summed E-state index contributed by atoms with van der Waals surface area (Å²) < 4.78 is 0. The lowest BCUT2D eigenvalue weighted by Crippen LogP contribution is -2.46. The second-order valence-corrected chi connectivity index (χ2v) is 5.26. The van der Waals surface area contributed by atoms with E-state index in [1.54, 1.807) is 0 Å². The van der Waals surface area contributed by atoms with Crippen LogP contribution in [-0.4, -0.2) is 43.0 Å². The van der Waals surface area contributed by atoms with E-state index >= 15 is 0 Å². The van der Waals surface area contributed by atoms with Gasteiger partial charge in [0.05, 0.1) is 6.04 Å². The molecule has 0 spiro atoms. The summed E-state index contributed by atoms with van der Waals surface area (Å²) in [4.78, 5) is 4.91. The molecule has 106 valence electrons. The molecule has 0 aromatic heterocycles. The quantitative estimate of drug-likeness (QED) is 0.756. The van der Waals surface area contributed by atoms with E-state index < -0.39 is 0 Å². The lowest BCUT2D eigenvalue weighted by molar-refractivity contribution is 0.127. The Balaban J connectivity index is 2.31. The van der Waals surface area contributed by atoms with E-state index in [9.17, 15) is 0 Å². The molecular formula is C18H24N2. The fourth-order valence-electron chi connectivity index (χ4n) is 2.74. The fourth-order valence-corrected chi connectivity index (χ4v) is 2.74. The first-order valence-electron chi connectivity index (χ1n) is 7.19. The predicted octanol–water partition coefficient (Wildman–Crippen LogP) is 3.27. The average molecular weight is 268 g/mol. The number of nitrogens with zero attached hydrogens (tertiary/aromatic N) is 2. The zero-order chi connectivity index (χ0) is 14.4. The number of allylic oxidation sites excluding steroid dienone is 2. The maximum atomic E-state index is 3.98. The van der Waals surface area contributed by atoms with Gasteiger partial charge in [0.2, 0.25) is 0 Å². The summed E-state index contributed by atoms with van der Waals surface area (Å²) in [6.45, 7) is 12.2. The summed E-state index contributed by atoms with van der Waals surface area (Å²) in [5, 5.41) is 0. The topological polar surface area (TPSA) is 6.48 Å². The van der Waals surface area contributed by atoms with Crippen LogP contribution in [0.15, 0.2) is 67.3 Å². The molecule has 1 fully saturated rings. The first-order valence-corrected chi connectivity index (χ1v) is 7.19. The van der Waals surface area contributed by atoms with E-state index in [0.29, 0.717) is 0 Å². The Kier molecular flexibility index (Phi) is 5.33. The Morgan fingerprint density at radius 3 is 2.30 bits per heavy atom. The van der Waals surface area contributed by atoms with Gasteiger partial charge in [0.1, 0.15) is 0 Å². The van der Waals surface area contributed by atoms with Crippen LogP contribution in [0.1, 0.15) is 11.6 Å². The second kappa shape index (κ2) is 7.22. The van der Waals surface area contributed by atoms with Crippen LogP contribution in [-0.2, 0) is 0 Å². The SMILES string of the molecule is C=C/C=C(\C=C)C(c1ccccc1)N1CCN(C)CC1. The smallest absolute Gasteiger partial charge is 0.0602 e. The summed E-state index contributed by atoms with van der Waals surface area (Å²) >= 11 is 0. The van der Waals surface area contributed by atoms with E-state index in [2.05, 4.69) is 66.4 Å². The number of likely N-dealkylation sites (N-methyl/N-ethyl adjacent to an activating group) is 1. The molecule has 0 bridgehead atoms. The van der Waals surface area contributed by atoms with Gasteiger partial charge in [0.25, 0.3) is 0 Å². The highest BCUT2D eigenvalue weighted by Crippen LogP contribution is 2.30. The van der Waals surface area contributed by atoms with Gasteiger partial charge in [-0.25, -0.2) is 0 Å². The van der Waals surface area contributed by atoms with Gasteiger partial charge in [-0.2, -0.15) is 0 Å². The molecule has 1 aliphatic rings. The zero-order valence-electron chi connectivity index (χ0n) is 12.3. The maximum Gasteiger partial charge on any atom is 0.0602 e. The lowest BCUT2D eigenvalue weighted by Gasteiger charge is -2.38. The van der Waals surface area contributed by atoms with Crippen LogP contribution in [0.3, 0.4) is 0 Å². The summed E-state index contributed by atoms with van der Waals surface area (Å²) in [5.41, 5.74) is 2.54. The molecule has 1 aromatic carbocycles.